The van der Waals surface area contributed by atoms with Crippen molar-refractivity contribution in [2.45, 2.75) is 49.5 Å². The van der Waals surface area contributed by atoms with Crippen LogP contribution in [0, 0.1) is 5.92 Å². The van der Waals surface area contributed by atoms with E-state index in [0.717, 1.165) is 32.1 Å². The molecule has 1 aliphatic heterocycles. The molecular weight excluding hydrogens is 286 g/mol. The molecule has 1 heterocycles. The van der Waals surface area contributed by atoms with Crippen LogP contribution in [0.3, 0.4) is 0 Å². The molecule has 5 nitrogen and oxygen atoms in total. The topological polar surface area (TPSA) is 75.4 Å². The summed E-state index contributed by atoms with van der Waals surface area (Å²) in [6.07, 6.45) is 6.63. The first-order valence-corrected chi connectivity index (χ1v) is 9.16. The Hall–Kier alpha value is -1.11. The van der Waals surface area contributed by atoms with E-state index in [9.17, 15) is 8.42 Å². The molecule has 21 heavy (non-hydrogen) atoms. The normalized spacial score (nSPS) is 27.1. The highest BCUT2D eigenvalue weighted by Crippen LogP contribution is 2.38. The Morgan fingerprint density at radius 1 is 1.10 bits per heavy atom. The molecule has 3 N–H and O–H groups in total. The van der Waals surface area contributed by atoms with Crippen molar-refractivity contribution in [2.24, 2.45) is 11.8 Å². The van der Waals surface area contributed by atoms with Gasteiger partial charge in [0.1, 0.15) is 4.90 Å². The molecule has 2 atom stereocenters. The molecule has 0 aromatic heterocycles. The minimum absolute atomic E-state index is 0.170. The third-order valence-corrected chi connectivity index (χ3v) is 6.80. The summed E-state index contributed by atoms with van der Waals surface area (Å²) in [5, 5.41) is 0. The van der Waals surface area contributed by atoms with Gasteiger partial charge in [0, 0.05) is 12.6 Å². The van der Waals surface area contributed by atoms with Crippen LogP contribution in [0.15, 0.2) is 29.2 Å². The summed E-state index contributed by atoms with van der Waals surface area (Å²) in [5.41, 5.74) is 2.97. The maximum absolute atomic E-state index is 13.1. The van der Waals surface area contributed by atoms with Gasteiger partial charge in [-0.25, -0.2) is 8.42 Å². The third kappa shape index (κ3) is 2.67. The zero-order chi connectivity index (χ0) is 14.9. The Morgan fingerprint density at radius 3 is 2.62 bits per heavy atom. The third-order valence-electron chi connectivity index (χ3n) is 4.82. The second-order valence-electron chi connectivity index (χ2n) is 6.01. The first-order valence-electron chi connectivity index (χ1n) is 7.72. The largest absolute Gasteiger partial charge is 0.323 e. The summed E-state index contributed by atoms with van der Waals surface area (Å²) < 4.78 is 27.8. The SMILES string of the molecule is NNc1ccccc1S(=O)(=O)N1CCC[C@H]2CCCC[C@H]21. The van der Waals surface area contributed by atoms with Crippen molar-refractivity contribution in [1.82, 2.24) is 4.31 Å². The summed E-state index contributed by atoms with van der Waals surface area (Å²) in [6.45, 7) is 0.627. The van der Waals surface area contributed by atoms with Gasteiger partial charge in [-0.15, -0.1) is 0 Å². The second kappa shape index (κ2) is 5.94. The molecule has 2 fully saturated rings. The van der Waals surface area contributed by atoms with E-state index in [1.54, 1.807) is 28.6 Å². The number of nitrogens with zero attached hydrogens (tertiary/aromatic N) is 1. The summed E-state index contributed by atoms with van der Waals surface area (Å²) in [6, 6.07) is 7.04. The average Bonchev–Trinajstić information content (AvgIpc) is 2.54. The van der Waals surface area contributed by atoms with Crippen LogP contribution in [0.2, 0.25) is 0 Å². The lowest BCUT2D eigenvalue weighted by molar-refractivity contribution is 0.129. The van der Waals surface area contributed by atoms with E-state index in [-0.39, 0.29) is 6.04 Å². The monoisotopic (exact) mass is 309 g/mol. The summed E-state index contributed by atoms with van der Waals surface area (Å²) in [7, 11) is -3.48. The van der Waals surface area contributed by atoms with Crippen LogP contribution in [0.25, 0.3) is 0 Å². The highest BCUT2D eigenvalue weighted by atomic mass is 32.2. The number of hydrogen-bond acceptors (Lipinski definition) is 4. The molecule has 1 saturated carbocycles. The lowest BCUT2D eigenvalue weighted by Gasteiger charge is -2.43. The number of hydrazine groups is 1. The fourth-order valence-electron chi connectivity index (χ4n) is 3.81. The molecule has 0 spiro atoms. The Kier molecular flexibility index (Phi) is 4.19. The molecule has 116 valence electrons. The number of rotatable bonds is 3. The number of piperidine rings is 1. The Balaban J connectivity index is 1.96. The van der Waals surface area contributed by atoms with E-state index in [1.807, 2.05) is 0 Å². The molecule has 2 aliphatic rings. The van der Waals surface area contributed by atoms with Crippen LogP contribution in [-0.2, 0) is 10.0 Å². The van der Waals surface area contributed by atoms with E-state index in [4.69, 9.17) is 5.84 Å². The molecular formula is C15H23N3O2S. The number of nitrogens with two attached hydrogens (primary N) is 1. The number of benzene rings is 1. The first-order chi connectivity index (χ1) is 10.1. The van der Waals surface area contributed by atoms with Crippen LogP contribution in [0.4, 0.5) is 5.69 Å². The fraction of sp³-hybridized carbons (Fsp3) is 0.600. The summed E-state index contributed by atoms with van der Waals surface area (Å²) in [4.78, 5) is 0.290. The van der Waals surface area contributed by atoms with Gasteiger partial charge in [0.25, 0.3) is 0 Å². The van der Waals surface area contributed by atoms with Gasteiger partial charge in [-0.1, -0.05) is 25.0 Å². The maximum Gasteiger partial charge on any atom is 0.245 e. The van der Waals surface area contributed by atoms with Crippen LogP contribution in [-0.4, -0.2) is 25.3 Å². The zero-order valence-electron chi connectivity index (χ0n) is 12.2. The van der Waals surface area contributed by atoms with Crippen molar-refractivity contribution >= 4 is 15.7 Å². The van der Waals surface area contributed by atoms with Crippen molar-refractivity contribution < 1.29 is 8.42 Å². The summed E-state index contributed by atoms with van der Waals surface area (Å²) >= 11 is 0. The fourth-order valence-corrected chi connectivity index (χ4v) is 5.73. The van der Waals surface area contributed by atoms with Crippen molar-refractivity contribution in [1.29, 1.82) is 0 Å². The second-order valence-corrected chi connectivity index (χ2v) is 7.87. The van der Waals surface area contributed by atoms with Gasteiger partial charge in [-0.2, -0.15) is 4.31 Å². The highest BCUT2D eigenvalue weighted by Gasteiger charge is 2.40. The van der Waals surface area contributed by atoms with Crippen molar-refractivity contribution in [3.05, 3.63) is 24.3 Å². The number of nitrogens with one attached hydrogen (secondary N) is 1. The predicted molar refractivity (Wildman–Crippen MR) is 83.1 cm³/mol. The van der Waals surface area contributed by atoms with E-state index < -0.39 is 10.0 Å². The number of para-hydroxylation sites is 1. The Labute approximate surface area is 126 Å². The van der Waals surface area contributed by atoms with Gasteiger partial charge in [-0.3, -0.25) is 5.84 Å². The molecule has 1 aromatic rings. The smallest absolute Gasteiger partial charge is 0.245 e. The van der Waals surface area contributed by atoms with E-state index in [1.165, 1.54) is 6.42 Å². The number of nitrogen functional groups attached to an aromatic ring is 1. The van der Waals surface area contributed by atoms with Crippen LogP contribution in [0.5, 0.6) is 0 Å². The van der Waals surface area contributed by atoms with Gasteiger partial charge in [0.2, 0.25) is 10.0 Å². The average molecular weight is 309 g/mol. The first kappa shape index (κ1) is 14.8. The van der Waals surface area contributed by atoms with E-state index in [0.29, 0.717) is 23.0 Å². The predicted octanol–water partition coefficient (Wildman–Crippen LogP) is 2.32. The highest BCUT2D eigenvalue weighted by molar-refractivity contribution is 7.89. The Bertz CT molecular complexity index is 601. The molecule has 3 rings (SSSR count). The van der Waals surface area contributed by atoms with Gasteiger partial charge in [0.15, 0.2) is 0 Å². The van der Waals surface area contributed by atoms with Gasteiger partial charge >= 0.3 is 0 Å². The number of hydrogen-bond donors (Lipinski definition) is 2. The number of anilines is 1. The van der Waals surface area contributed by atoms with Crippen molar-refractivity contribution in [3.8, 4) is 0 Å². The molecule has 0 radical (unpaired) electrons. The van der Waals surface area contributed by atoms with Crippen molar-refractivity contribution in [3.63, 3.8) is 0 Å². The molecule has 1 saturated heterocycles. The van der Waals surface area contributed by atoms with Crippen molar-refractivity contribution in [2.75, 3.05) is 12.0 Å². The maximum atomic E-state index is 13.1. The lowest BCUT2D eigenvalue weighted by Crippen LogP contribution is -2.49. The molecule has 6 heteroatoms. The molecule has 0 unspecified atom stereocenters. The standard InChI is InChI=1S/C15H23N3O2S/c16-17-13-8-2-4-10-15(13)21(19,20)18-11-5-7-12-6-1-3-9-14(12)18/h2,4,8,10,12,14,17H,1,3,5-7,9,11,16H2/t12-,14-/m1/s1. The van der Waals surface area contributed by atoms with Crippen LogP contribution in [0.1, 0.15) is 38.5 Å². The quantitative estimate of drug-likeness (QED) is 0.663. The number of fused-ring (bicyclic) bond motifs is 1. The van der Waals surface area contributed by atoms with Crippen LogP contribution >= 0.6 is 0 Å². The molecule has 1 aliphatic carbocycles. The number of sulfonamides is 1. The van der Waals surface area contributed by atoms with Gasteiger partial charge in [0.05, 0.1) is 5.69 Å². The molecule has 0 amide bonds. The van der Waals surface area contributed by atoms with E-state index >= 15 is 0 Å². The summed E-state index contributed by atoms with van der Waals surface area (Å²) in [5.74, 6) is 6.00. The van der Waals surface area contributed by atoms with E-state index in [2.05, 4.69) is 5.43 Å². The lowest BCUT2D eigenvalue weighted by atomic mass is 9.79. The Morgan fingerprint density at radius 2 is 1.81 bits per heavy atom. The molecule has 0 bridgehead atoms. The van der Waals surface area contributed by atoms with Gasteiger partial charge < -0.3 is 5.43 Å². The minimum Gasteiger partial charge on any atom is -0.323 e. The minimum atomic E-state index is -3.48. The van der Waals surface area contributed by atoms with Gasteiger partial charge in [-0.05, 0) is 43.7 Å². The zero-order valence-corrected chi connectivity index (χ0v) is 13.0. The molecule has 1 aromatic carbocycles. The van der Waals surface area contributed by atoms with Crippen LogP contribution < -0.4 is 11.3 Å².